The van der Waals surface area contributed by atoms with Crippen molar-refractivity contribution in [2.45, 2.75) is 32.9 Å². The first-order valence-electron chi connectivity index (χ1n) is 11.4. The van der Waals surface area contributed by atoms with Gasteiger partial charge in [0.1, 0.15) is 17.5 Å². The van der Waals surface area contributed by atoms with E-state index in [9.17, 15) is 9.59 Å². The molecule has 3 rings (SSSR count). The van der Waals surface area contributed by atoms with Crippen LogP contribution in [0.15, 0.2) is 66.7 Å². The summed E-state index contributed by atoms with van der Waals surface area (Å²) < 4.78 is 11.2. The van der Waals surface area contributed by atoms with E-state index >= 15 is 0 Å². The molecule has 6 nitrogen and oxygen atoms in total. The maximum atomic E-state index is 13.5. The summed E-state index contributed by atoms with van der Waals surface area (Å²) in [5, 5.41) is 3.38. The largest absolute Gasteiger partial charge is 0.497 e. The van der Waals surface area contributed by atoms with Crippen LogP contribution in [0.1, 0.15) is 22.3 Å². The van der Waals surface area contributed by atoms with E-state index in [4.69, 9.17) is 21.1 Å². The Morgan fingerprint density at radius 1 is 0.943 bits per heavy atom. The molecule has 3 aromatic carbocycles. The van der Waals surface area contributed by atoms with Gasteiger partial charge in [0, 0.05) is 25.0 Å². The van der Waals surface area contributed by atoms with E-state index in [0.717, 1.165) is 22.3 Å². The summed E-state index contributed by atoms with van der Waals surface area (Å²) in [6.07, 6.45) is 0.370. The van der Waals surface area contributed by atoms with Gasteiger partial charge in [0.25, 0.3) is 5.91 Å². The predicted octanol–water partition coefficient (Wildman–Crippen LogP) is 4.73. The van der Waals surface area contributed by atoms with Crippen LogP contribution >= 0.6 is 11.6 Å². The van der Waals surface area contributed by atoms with E-state index in [2.05, 4.69) is 5.32 Å². The zero-order chi connectivity index (χ0) is 25.4. The van der Waals surface area contributed by atoms with Crippen LogP contribution in [0.2, 0.25) is 5.02 Å². The molecule has 3 aromatic rings. The summed E-state index contributed by atoms with van der Waals surface area (Å²) in [7, 11) is 3.17. The monoisotopic (exact) mass is 494 g/mol. The van der Waals surface area contributed by atoms with Gasteiger partial charge in [-0.1, -0.05) is 54.1 Å². The lowest BCUT2D eigenvalue weighted by atomic mass is 10.0. The molecule has 1 atom stereocenters. The number of rotatable bonds is 10. The Morgan fingerprint density at radius 2 is 1.60 bits per heavy atom. The van der Waals surface area contributed by atoms with Crippen molar-refractivity contribution in [3.8, 4) is 11.5 Å². The van der Waals surface area contributed by atoms with Crippen LogP contribution < -0.4 is 14.8 Å². The van der Waals surface area contributed by atoms with Crippen LogP contribution in [0.25, 0.3) is 0 Å². The van der Waals surface area contributed by atoms with Crippen molar-refractivity contribution < 1.29 is 19.1 Å². The fourth-order valence-corrected chi connectivity index (χ4v) is 4.01. The lowest BCUT2D eigenvalue weighted by molar-refractivity contribution is -0.142. The van der Waals surface area contributed by atoms with Gasteiger partial charge in [-0.05, 0) is 60.4 Å². The molecular formula is C28H31ClN2O4. The normalized spacial score (nSPS) is 11.5. The zero-order valence-electron chi connectivity index (χ0n) is 20.5. The van der Waals surface area contributed by atoms with E-state index in [1.807, 2.05) is 68.4 Å². The number of benzene rings is 3. The minimum absolute atomic E-state index is 0.216. The van der Waals surface area contributed by atoms with Crippen molar-refractivity contribution in [1.82, 2.24) is 10.2 Å². The molecule has 184 valence electrons. The number of likely N-dealkylation sites (N-methyl/N-ethyl adjacent to an activating group) is 1. The Balaban J connectivity index is 1.90. The van der Waals surface area contributed by atoms with Gasteiger partial charge in [-0.3, -0.25) is 9.59 Å². The van der Waals surface area contributed by atoms with Gasteiger partial charge in [0.2, 0.25) is 5.91 Å². The Hall–Kier alpha value is -3.51. The number of amides is 2. The van der Waals surface area contributed by atoms with Crippen LogP contribution in [-0.4, -0.2) is 43.5 Å². The van der Waals surface area contributed by atoms with Crippen LogP contribution in [0.4, 0.5) is 0 Å². The number of nitrogens with one attached hydrogen (secondary N) is 1. The lowest BCUT2D eigenvalue weighted by Crippen LogP contribution is -2.51. The van der Waals surface area contributed by atoms with Gasteiger partial charge >= 0.3 is 0 Å². The molecule has 0 aliphatic heterocycles. The first-order valence-corrected chi connectivity index (χ1v) is 11.8. The van der Waals surface area contributed by atoms with Crippen LogP contribution in [0.3, 0.4) is 0 Å². The number of hydrogen-bond acceptors (Lipinski definition) is 4. The molecule has 0 fully saturated rings. The quantitative estimate of drug-likeness (QED) is 0.442. The molecule has 7 heteroatoms. The van der Waals surface area contributed by atoms with E-state index in [0.29, 0.717) is 22.9 Å². The summed E-state index contributed by atoms with van der Waals surface area (Å²) >= 11 is 6.26. The number of ether oxygens (including phenoxy) is 2. The Labute approximate surface area is 211 Å². The maximum Gasteiger partial charge on any atom is 0.261 e. The number of methoxy groups -OCH3 is 1. The minimum Gasteiger partial charge on any atom is -0.497 e. The SMILES string of the molecule is CNC(=O)[C@H](Cc1ccccc1)N(Cc1cccc(OC)c1)C(=O)COc1cc(C)c(Cl)c(C)c1. The third kappa shape index (κ3) is 6.99. The Bertz CT molecular complexity index is 1140. The van der Waals surface area contributed by atoms with E-state index < -0.39 is 6.04 Å². The standard InChI is InChI=1S/C28H31ClN2O4/c1-19-13-24(14-20(2)27(19)29)35-18-26(32)31(17-22-11-8-12-23(15-22)34-4)25(28(33)30-3)16-21-9-6-5-7-10-21/h5-15,25H,16-18H2,1-4H3,(H,30,33)/t25-/m0/s1. The highest BCUT2D eigenvalue weighted by molar-refractivity contribution is 6.32. The number of carbonyl (C=O) groups excluding carboxylic acids is 2. The number of carbonyl (C=O) groups is 2. The molecule has 0 aliphatic carbocycles. The fraction of sp³-hybridized carbons (Fsp3) is 0.286. The second-order valence-corrected chi connectivity index (χ2v) is 8.73. The van der Waals surface area contributed by atoms with Crippen LogP contribution in [0.5, 0.6) is 11.5 Å². The van der Waals surface area contributed by atoms with Gasteiger partial charge < -0.3 is 19.7 Å². The number of hydrogen-bond donors (Lipinski definition) is 1. The summed E-state index contributed by atoms with van der Waals surface area (Å²) in [6.45, 7) is 3.79. The molecule has 1 N–H and O–H groups in total. The molecule has 0 unspecified atom stereocenters. The molecule has 0 bridgehead atoms. The van der Waals surface area contributed by atoms with Gasteiger partial charge in [-0.25, -0.2) is 0 Å². The van der Waals surface area contributed by atoms with E-state index in [-0.39, 0.29) is 25.0 Å². The summed E-state index contributed by atoms with van der Waals surface area (Å²) in [5.74, 6) is 0.683. The van der Waals surface area contributed by atoms with Crippen molar-refractivity contribution >= 4 is 23.4 Å². The summed E-state index contributed by atoms with van der Waals surface area (Å²) in [6, 6.07) is 20.0. The van der Waals surface area contributed by atoms with Gasteiger partial charge in [-0.15, -0.1) is 0 Å². The number of aryl methyl sites for hydroxylation is 2. The zero-order valence-corrected chi connectivity index (χ0v) is 21.3. The smallest absolute Gasteiger partial charge is 0.261 e. The minimum atomic E-state index is -0.724. The molecular weight excluding hydrogens is 464 g/mol. The fourth-order valence-electron chi connectivity index (χ4n) is 3.91. The molecule has 0 aromatic heterocycles. The molecule has 0 saturated heterocycles. The average Bonchev–Trinajstić information content (AvgIpc) is 2.88. The highest BCUT2D eigenvalue weighted by Gasteiger charge is 2.30. The molecule has 0 radical (unpaired) electrons. The van der Waals surface area contributed by atoms with Gasteiger partial charge in [0.15, 0.2) is 6.61 Å². The van der Waals surface area contributed by atoms with Gasteiger partial charge in [0.05, 0.1) is 7.11 Å². The molecule has 2 amide bonds. The topological polar surface area (TPSA) is 67.9 Å². The highest BCUT2D eigenvalue weighted by Crippen LogP contribution is 2.26. The van der Waals surface area contributed by atoms with Crippen molar-refractivity contribution in [2.75, 3.05) is 20.8 Å². The summed E-state index contributed by atoms with van der Waals surface area (Å²) in [4.78, 5) is 28.1. The number of nitrogens with zero attached hydrogens (tertiary/aromatic N) is 1. The van der Waals surface area contributed by atoms with E-state index in [1.54, 1.807) is 31.2 Å². The molecule has 0 spiro atoms. The second kappa shape index (κ2) is 12.3. The van der Waals surface area contributed by atoms with Crippen LogP contribution in [0, 0.1) is 13.8 Å². The van der Waals surface area contributed by atoms with Gasteiger partial charge in [-0.2, -0.15) is 0 Å². The predicted molar refractivity (Wildman–Crippen MR) is 138 cm³/mol. The van der Waals surface area contributed by atoms with Crippen molar-refractivity contribution in [1.29, 1.82) is 0 Å². The molecule has 0 heterocycles. The van der Waals surface area contributed by atoms with Crippen LogP contribution in [-0.2, 0) is 22.6 Å². The maximum absolute atomic E-state index is 13.5. The Morgan fingerprint density at radius 3 is 2.23 bits per heavy atom. The highest BCUT2D eigenvalue weighted by atomic mass is 35.5. The van der Waals surface area contributed by atoms with Crippen molar-refractivity contribution in [2.24, 2.45) is 0 Å². The molecule has 0 aliphatic rings. The lowest BCUT2D eigenvalue weighted by Gasteiger charge is -2.31. The molecule has 0 saturated carbocycles. The van der Waals surface area contributed by atoms with Crippen molar-refractivity contribution in [3.05, 3.63) is 94.0 Å². The first-order chi connectivity index (χ1) is 16.8. The summed E-state index contributed by atoms with van der Waals surface area (Å²) in [5.41, 5.74) is 3.54. The average molecular weight is 495 g/mol. The van der Waals surface area contributed by atoms with Crippen molar-refractivity contribution in [3.63, 3.8) is 0 Å². The Kier molecular flexibility index (Phi) is 9.15. The second-order valence-electron chi connectivity index (χ2n) is 8.35. The number of halogens is 1. The third-order valence-corrected chi connectivity index (χ3v) is 6.37. The third-order valence-electron chi connectivity index (χ3n) is 5.78. The first kappa shape index (κ1) is 26.1. The molecule has 35 heavy (non-hydrogen) atoms. The van der Waals surface area contributed by atoms with E-state index in [1.165, 1.54) is 0 Å².